The average molecular weight is 356 g/mol. The minimum atomic E-state index is -0.643. The van der Waals surface area contributed by atoms with E-state index in [0.717, 1.165) is 15.7 Å². The summed E-state index contributed by atoms with van der Waals surface area (Å²) in [6.07, 6.45) is 0. The second-order valence-electron chi connectivity index (χ2n) is 4.40. The van der Waals surface area contributed by atoms with Gasteiger partial charge in [-0.05, 0) is 30.3 Å². The third-order valence-corrected chi connectivity index (χ3v) is 3.88. The Hall–Kier alpha value is -1.59. The van der Waals surface area contributed by atoms with Gasteiger partial charge in [-0.2, -0.15) is 0 Å². The van der Waals surface area contributed by atoms with Crippen LogP contribution in [0.3, 0.4) is 0 Å². The van der Waals surface area contributed by atoms with E-state index in [2.05, 4.69) is 26.6 Å². The van der Waals surface area contributed by atoms with E-state index < -0.39 is 11.9 Å². The number of hydrogen-bond donors (Lipinski definition) is 2. The van der Waals surface area contributed by atoms with E-state index >= 15 is 0 Å². The predicted octanol–water partition coefficient (Wildman–Crippen LogP) is 4.35. The highest BCUT2D eigenvalue weighted by atomic mass is 79.9. The molecule has 102 valence electrons. The fourth-order valence-electron chi connectivity index (χ4n) is 2.15. The molecule has 3 rings (SSSR count). The molecule has 1 aliphatic heterocycles. The van der Waals surface area contributed by atoms with Crippen LogP contribution in [0.1, 0.15) is 11.6 Å². The SMILES string of the molecule is O=C1Nc2ccc(Br)cc2C1Nc1cccc(Cl)c1F. The molecular weight excluding hydrogens is 347 g/mol. The number of fused-ring (bicyclic) bond motifs is 1. The van der Waals surface area contributed by atoms with E-state index in [-0.39, 0.29) is 16.6 Å². The first kappa shape index (κ1) is 13.4. The van der Waals surface area contributed by atoms with Crippen molar-refractivity contribution in [1.29, 1.82) is 0 Å². The lowest BCUT2D eigenvalue weighted by Crippen LogP contribution is -2.20. The summed E-state index contributed by atoms with van der Waals surface area (Å²) in [5, 5.41) is 5.66. The molecule has 0 bridgehead atoms. The number of rotatable bonds is 2. The van der Waals surface area contributed by atoms with Crippen LogP contribution in [0.2, 0.25) is 5.02 Å². The van der Waals surface area contributed by atoms with Crippen LogP contribution in [0.25, 0.3) is 0 Å². The van der Waals surface area contributed by atoms with Gasteiger partial charge in [0.15, 0.2) is 5.82 Å². The molecule has 1 unspecified atom stereocenters. The quantitative estimate of drug-likeness (QED) is 0.841. The molecule has 0 aliphatic carbocycles. The molecule has 2 aromatic rings. The minimum Gasteiger partial charge on any atom is -0.368 e. The molecular formula is C14H9BrClFN2O. The minimum absolute atomic E-state index is 0.0165. The molecule has 1 atom stereocenters. The molecule has 0 saturated heterocycles. The van der Waals surface area contributed by atoms with E-state index in [1.54, 1.807) is 18.2 Å². The fraction of sp³-hybridized carbons (Fsp3) is 0.0714. The predicted molar refractivity (Wildman–Crippen MR) is 80.5 cm³/mol. The van der Waals surface area contributed by atoms with Crippen LogP contribution in [-0.2, 0) is 4.79 Å². The van der Waals surface area contributed by atoms with Gasteiger partial charge in [-0.15, -0.1) is 0 Å². The Morgan fingerprint density at radius 1 is 1.30 bits per heavy atom. The molecule has 0 fully saturated rings. The van der Waals surface area contributed by atoms with Crippen LogP contribution >= 0.6 is 27.5 Å². The van der Waals surface area contributed by atoms with Crippen molar-refractivity contribution in [3.8, 4) is 0 Å². The number of nitrogens with one attached hydrogen (secondary N) is 2. The highest BCUT2D eigenvalue weighted by Gasteiger charge is 2.31. The van der Waals surface area contributed by atoms with E-state index in [9.17, 15) is 9.18 Å². The zero-order valence-corrected chi connectivity index (χ0v) is 12.4. The number of carbonyl (C=O) groups excluding carboxylic acids is 1. The normalized spacial score (nSPS) is 16.8. The van der Waals surface area contributed by atoms with Crippen molar-refractivity contribution < 1.29 is 9.18 Å². The summed E-state index contributed by atoms with van der Waals surface area (Å²) in [6, 6.07) is 9.45. The van der Waals surface area contributed by atoms with E-state index in [1.807, 2.05) is 12.1 Å². The Morgan fingerprint density at radius 3 is 2.90 bits per heavy atom. The van der Waals surface area contributed by atoms with E-state index in [4.69, 9.17) is 11.6 Å². The lowest BCUT2D eigenvalue weighted by Gasteiger charge is -2.14. The number of halogens is 3. The Morgan fingerprint density at radius 2 is 2.10 bits per heavy atom. The van der Waals surface area contributed by atoms with Crippen molar-refractivity contribution in [3.05, 3.63) is 57.3 Å². The standard InChI is InChI=1S/C14H9BrClFN2O/c15-7-4-5-10-8(6-7)13(14(20)19-10)18-11-3-1-2-9(16)12(11)17/h1-6,13,18H,(H,19,20). The molecule has 0 spiro atoms. The van der Waals surface area contributed by atoms with Gasteiger partial charge < -0.3 is 10.6 Å². The van der Waals surface area contributed by atoms with Gasteiger partial charge in [-0.25, -0.2) is 4.39 Å². The average Bonchev–Trinajstić information content (AvgIpc) is 2.71. The van der Waals surface area contributed by atoms with Crippen LogP contribution in [0.5, 0.6) is 0 Å². The number of carbonyl (C=O) groups is 1. The molecule has 6 heteroatoms. The second-order valence-corrected chi connectivity index (χ2v) is 5.72. The van der Waals surface area contributed by atoms with Gasteiger partial charge in [0, 0.05) is 15.7 Å². The fourth-order valence-corrected chi connectivity index (χ4v) is 2.70. The van der Waals surface area contributed by atoms with Crippen LogP contribution in [-0.4, -0.2) is 5.91 Å². The topological polar surface area (TPSA) is 41.1 Å². The Bertz CT molecular complexity index is 708. The van der Waals surface area contributed by atoms with Gasteiger partial charge in [0.1, 0.15) is 6.04 Å². The summed E-state index contributed by atoms with van der Waals surface area (Å²) < 4.78 is 14.8. The number of hydrogen-bond acceptors (Lipinski definition) is 2. The highest BCUT2D eigenvalue weighted by molar-refractivity contribution is 9.10. The summed E-state index contributed by atoms with van der Waals surface area (Å²) in [5.41, 5.74) is 1.69. The lowest BCUT2D eigenvalue weighted by atomic mass is 10.1. The maximum absolute atomic E-state index is 13.9. The first-order valence-corrected chi connectivity index (χ1v) is 7.04. The third-order valence-electron chi connectivity index (χ3n) is 3.10. The van der Waals surface area contributed by atoms with Crippen LogP contribution < -0.4 is 10.6 Å². The Balaban J connectivity index is 1.98. The van der Waals surface area contributed by atoms with Gasteiger partial charge in [-0.3, -0.25) is 4.79 Å². The number of benzene rings is 2. The van der Waals surface area contributed by atoms with E-state index in [1.165, 1.54) is 6.07 Å². The number of anilines is 2. The molecule has 0 radical (unpaired) electrons. The van der Waals surface area contributed by atoms with Crippen LogP contribution in [0, 0.1) is 5.82 Å². The van der Waals surface area contributed by atoms with Crippen molar-refractivity contribution >= 4 is 44.8 Å². The second kappa shape index (κ2) is 5.07. The number of amides is 1. The zero-order valence-electron chi connectivity index (χ0n) is 10.1. The molecule has 1 amide bonds. The van der Waals surface area contributed by atoms with Crippen molar-refractivity contribution in [2.24, 2.45) is 0 Å². The molecule has 20 heavy (non-hydrogen) atoms. The summed E-state index contributed by atoms with van der Waals surface area (Å²) in [4.78, 5) is 12.0. The largest absolute Gasteiger partial charge is 0.368 e. The van der Waals surface area contributed by atoms with Crippen molar-refractivity contribution in [2.45, 2.75) is 6.04 Å². The van der Waals surface area contributed by atoms with E-state index in [0.29, 0.717) is 0 Å². The maximum atomic E-state index is 13.9. The Labute approximate surface area is 128 Å². The highest BCUT2D eigenvalue weighted by Crippen LogP contribution is 2.36. The lowest BCUT2D eigenvalue weighted by molar-refractivity contribution is -0.116. The third kappa shape index (κ3) is 2.27. The van der Waals surface area contributed by atoms with Gasteiger partial charge in [0.25, 0.3) is 5.91 Å². The molecule has 0 saturated carbocycles. The van der Waals surface area contributed by atoms with Gasteiger partial charge in [-0.1, -0.05) is 33.6 Å². The molecule has 3 nitrogen and oxygen atoms in total. The van der Waals surface area contributed by atoms with Gasteiger partial charge in [0.2, 0.25) is 0 Å². The first-order chi connectivity index (χ1) is 9.56. The molecule has 2 N–H and O–H groups in total. The summed E-state index contributed by atoms with van der Waals surface area (Å²) in [6.45, 7) is 0. The molecule has 0 aromatic heterocycles. The molecule has 2 aromatic carbocycles. The molecule has 1 aliphatic rings. The zero-order chi connectivity index (χ0) is 14.3. The first-order valence-electron chi connectivity index (χ1n) is 5.87. The smallest absolute Gasteiger partial charge is 0.251 e. The van der Waals surface area contributed by atoms with Crippen molar-refractivity contribution in [2.75, 3.05) is 10.6 Å². The van der Waals surface area contributed by atoms with Crippen LogP contribution in [0.4, 0.5) is 15.8 Å². The van der Waals surface area contributed by atoms with Crippen LogP contribution in [0.15, 0.2) is 40.9 Å². The summed E-state index contributed by atoms with van der Waals surface area (Å²) in [5.74, 6) is -0.789. The van der Waals surface area contributed by atoms with Gasteiger partial charge >= 0.3 is 0 Å². The summed E-state index contributed by atoms with van der Waals surface area (Å²) in [7, 11) is 0. The summed E-state index contributed by atoms with van der Waals surface area (Å²) >= 11 is 9.10. The maximum Gasteiger partial charge on any atom is 0.251 e. The van der Waals surface area contributed by atoms with Crippen molar-refractivity contribution in [1.82, 2.24) is 0 Å². The van der Waals surface area contributed by atoms with Gasteiger partial charge in [0.05, 0.1) is 10.7 Å². The van der Waals surface area contributed by atoms with Crippen molar-refractivity contribution in [3.63, 3.8) is 0 Å². The molecule has 1 heterocycles. The Kier molecular flexibility index (Phi) is 3.40. The monoisotopic (exact) mass is 354 g/mol.